The van der Waals surface area contributed by atoms with Gasteiger partial charge in [-0.3, -0.25) is 4.90 Å². The van der Waals surface area contributed by atoms with E-state index in [1.807, 2.05) is 0 Å². The second kappa shape index (κ2) is 6.10. The molecule has 0 saturated carbocycles. The first kappa shape index (κ1) is 16.3. The molecule has 0 saturated heterocycles. The lowest BCUT2D eigenvalue weighted by Gasteiger charge is -2.39. The van der Waals surface area contributed by atoms with Crippen LogP contribution in [0.5, 0.6) is 0 Å². The molecule has 1 unspecified atom stereocenters. The molecule has 1 atom stereocenters. The van der Waals surface area contributed by atoms with Crippen LogP contribution < -0.4 is 10.4 Å². The number of nitrogens with one attached hydrogen (secondary N) is 1. The van der Waals surface area contributed by atoms with Gasteiger partial charge in [-0.25, -0.2) is 9.79 Å². The van der Waals surface area contributed by atoms with E-state index in [-0.39, 0.29) is 18.5 Å². The van der Waals surface area contributed by atoms with Crippen molar-refractivity contribution in [3.63, 3.8) is 0 Å². The summed E-state index contributed by atoms with van der Waals surface area (Å²) < 4.78 is 0.844. The summed E-state index contributed by atoms with van der Waals surface area (Å²) in [4.78, 5) is 17.8. The number of quaternary nitrogens is 1. The molecule has 0 aromatic rings. The second-order valence-electron chi connectivity index (χ2n) is 5.71. The third kappa shape index (κ3) is 3.61. The van der Waals surface area contributed by atoms with Gasteiger partial charge in [-0.15, -0.1) is 0 Å². The number of likely N-dealkylation sites (N-methyl/N-ethyl adjacent to an activating group) is 2. The van der Waals surface area contributed by atoms with Crippen molar-refractivity contribution in [1.29, 1.82) is 0 Å². The molecule has 0 aromatic heterocycles. The Morgan fingerprint density at radius 1 is 1.45 bits per heavy atom. The summed E-state index contributed by atoms with van der Waals surface area (Å²) in [5, 5.41) is 22.6. The van der Waals surface area contributed by atoms with Crippen LogP contribution in [0.25, 0.3) is 0 Å². The Hall–Kier alpha value is -1.80. The predicted octanol–water partition coefficient (Wildman–Crippen LogP) is -1.84. The average molecular weight is 285 g/mol. The Morgan fingerprint density at radius 2 is 2.05 bits per heavy atom. The molecule has 2 aliphatic heterocycles. The second-order valence-corrected chi connectivity index (χ2v) is 5.71. The van der Waals surface area contributed by atoms with Crippen molar-refractivity contribution in [2.45, 2.75) is 6.17 Å². The summed E-state index contributed by atoms with van der Waals surface area (Å²) in [7, 11) is 9.22. The molecule has 2 amide bonds. The van der Waals surface area contributed by atoms with Crippen LogP contribution in [0.4, 0.5) is 4.79 Å². The molecule has 0 bridgehead atoms. The quantitative estimate of drug-likeness (QED) is 0.583. The lowest BCUT2D eigenvalue weighted by Crippen LogP contribution is -2.52. The van der Waals surface area contributed by atoms with Crippen molar-refractivity contribution in [2.24, 2.45) is 4.99 Å². The molecule has 114 valence electrons. The van der Waals surface area contributed by atoms with Crippen LogP contribution in [0.15, 0.2) is 16.6 Å². The van der Waals surface area contributed by atoms with Gasteiger partial charge in [0, 0.05) is 14.1 Å². The van der Waals surface area contributed by atoms with Gasteiger partial charge in [-0.05, 0) is 5.88 Å². The van der Waals surface area contributed by atoms with Gasteiger partial charge in [0.2, 0.25) is 0 Å². The molecule has 0 aliphatic carbocycles. The van der Waals surface area contributed by atoms with Gasteiger partial charge in [0.25, 0.3) is 0 Å². The van der Waals surface area contributed by atoms with Crippen LogP contribution in [0.2, 0.25) is 0 Å². The molecule has 8 heteroatoms. The highest BCUT2D eigenvalue weighted by atomic mass is 16.3. The zero-order valence-electron chi connectivity index (χ0n) is 12.6. The van der Waals surface area contributed by atoms with E-state index in [0.29, 0.717) is 5.70 Å². The van der Waals surface area contributed by atoms with Gasteiger partial charge in [0.05, 0.1) is 39.8 Å². The SMILES string of the molecule is CN1C(=O)N(C)C2N=CNC2=C1[O-].C[N+](C)(C)CCO. The predicted molar refractivity (Wildman–Crippen MR) is 73.3 cm³/mol. The van der Waals surface area contributed by atoms with Crippen LogP contribution in [0, 0.1) is 0 Å². The molecule has 0 fully saturated rings. The van der Waals surface area contributed by atoms with Crippen molar-refractivity contribution < 1.29 is 19.5 Å². The molecule has 8 nitrogen and oxygen atoms in total. The molecular weight excluding hydrogens is 262 g/mol. The van der Waals surface area contributed by atoms with Gasteiger partial charge in [-0.2, -0.15) is 0 Å². The third-order valence-corrected chi connectivity index (χ3v) is 2.96. The molecular formula is C12H23N5O3. The average Bonchev–Trinajstić information content (AvgIpc) is 2.82. The first-order valence-electron chi connectivity index (χ1n) is 6.30. The zero-order chi connectivity index (χ0) is 15.5. The Kier molecular flexibility index (Phi) is 4.96. The zero-order valence-corrected chi connectivity index (χ0v) is 12.6. The number of rotatable bonds is 2. The molecule has 20 heavy (non-hydrogen) atoms. The summed E-state index contributed by atoms with van der Waals surface area (Å²) >= 11 is 0. The van der Waals surface area contributed by atoms with E-state index in [1.54, 1.807) is 7.05 Å². The molecule has 0 spiro atoms. The molecule has 2 rings (SSSR count). The van der Waals surface area contributed by atoms with Crippen LogP contribution in [0.1, 0.15) is 0 Å². The van der Waals surface area contributed by atoms with Crippen molar-refractivity contribution in [2.75, 3.05) is 48.4 Å². The van der Waals surface area contributed by atoms with E-state index in [4.69, 9.17) is 5.11 Å². The van der Waals surface area contributed by atoms with Crippen LogP contribution >= 0.6 is 0 Å². The van der Waals surface area contributed by atoms with Gasteiger partial charge in [-0.1, -0.05) is 0 Å². The van der Waals surface area contributed by atoms with E-state index < -0.39 is 6.17 Å². The van der Waals surface area contributed by atoms with E-state index in [9.17, 15) is 9.90 Å². The van der Waals surface area contributed by atoms with Crippen molar-refractivity contribution in [3.05, 3.63) is 11.6 Å². The van der Waals surface area contributed by atoms with Crippen LogP contribution in [-0.2, 0) is 0 Å². The highest BCUT2D eigenvalue weighted by Crippen LogP contribution is 2.21. The smallest absolute Gasteiger partial charge is 0.325 e. The Labute approximate surface area is 119 Å². The Balaban J connectivity index is 0.000000246. The molecule has 2 heterocycles. The van der Waals surface area contributed by atoms with E-state index in [1.165, 1.54) is 18.3 Å². The summed E-state index contributed by atoms with van der Waals surface area (Å²) in [5.41, 5.74) is 0.435. The van der Waals surface area contributed by atoms with Crippen LogP contribution in [-0.4, -0.2) is 86.3 Å². The largest absolute Gasteiger partial charge is 0.859 e. The fraction of sp³-hybridized carbons (Fsp3) is 0.667. The maximum atomic E-state index is 11.5. The summed E-state index contributed by atoms with van der Waals surface area (Å²) in [5.74, 6) is -0.314. The number of hydrogen-bond acceptors (Lipinski definition) is 5. The summed E-state index contributed by atoms with van der Waals surface area (Å²) in [6, 6.07) is -0.334. The number of urea groups is 1. The fourth-order valence-electron chi connectivity index (χ4n) is 1.70. The van der Waals surface area contributed by atoms with Crippen molar-refractivity contribution >= 4 is 12.4 Å². The maximum Gasteiger partial charge on any atom is 0.325 e. The van der Waals surface area contributed by atoms with E-state index in [2.05, 4.69) is 31.5 Å². The third-order valence-electron chi connectivity index (χ3n) is 2.96. The summed E-state index contributed by atoms with van der Waals surface area (Å²) in [6.07, 6.45) is 0.970. The molecule has 0 radical (unpaired) electrons. The lowest BCUT2D eigenvalue weighted by atomic mass is 10.3. The van der Waals surface area contributed by atoms with E-state index in [0.717, 1.165) is 15.9 Å². The normalized spacial score (nSPS) is 21.5. The van der Waals surface area contributed by atoms with Gasteiger partial charge < -0.3 is 24.9 Å². The van der Waals surface area contributed by atoms with Crippen LogP contribution in [0.3, 0.4) is 0 Å². The molecule has 0 aromatic carbocycles. The first-order chi connectivity index (χ1) is 9.19. The number of nitrogens with zero attached hydrogens (tertiary/aromatic N) is 4. The minimum Gasteiger partial charge on any atom is -0.859 e. The maximum absolute atomic E-state index is 11.5. The van der Waals surface area contributed by atoms with Gasteiger partial charge in [0.15, 0.2) is 6.17 Å². The Morgan fingerprint density at radius 3 is 2.50 bits per heavy atom. The number of aliphatic imine (C=N–C) groups is 1. The highest BCUT2D eigenvalue weighted by Gasteiger charge is 2.33. The standard InChI is InChI=1S/C7H10N4O2.C5H14NO/c1-10-5-4(8-3-9-5)6(12)11(2)7(10)13;1-6(2,3)4-5-7/h3,5,12H,1-2H3,(H,8,9);7H,4-5H2,1-3H3/q;+1/p-1. The number of amides is 2. The topological polar surface area (TPSA) is 91.2 Å². The van der Waals surface area contributed by atoms with Crippen molar-refractivity contribution in [3.8, 4) is 0 Å². The number of hydrogen-bond donors (Lipinski definition) is 2. The molecule has 2 aliphatic rings. The number of fused-ring (bicyclic) bond motifs is 1. The highest BCUT2D eigenvalue weighted by molar-refractivity contribution is 5.79. The monoisotopic (exact) mass is 285 g/mol. The van der Waals surface area contributed by atoms with E-state index >= 15 is 0 Å². The van der Waals surface area contributed by atoms with Gasteiger partial charge in [0.1, 0.15) is 6.54 Å². The molecule has 2 N–H and O–H groups in total. The lowest BCUT2D eigenvalue weighted by molar-refractivity contribution is -0.870. The number of aliphatic hydroxyl groups is 1. The van der Waals surface area contributed by atoms with Gasteiger partial charge >= 0.3 is 6.03 Å². The number of carbonyl (C=O) groups excluding carboxylic acids is 1. The number of carbonyl (C=O) groups is 1. The first-order valence-corrected chi connectivity index (χ1v) is 6.30. The minimum atomic E-state index is -0.462. The number of aliphatic hydroxyl groups excluding tert-OH is 1. The fourth-order valence-corrected chi connectivity index (χ4v) is 1.70. The Bertz CT molecular complexity index is 427. The van der Waals surface area contributed by atoms with Crippen molar-refractivity contribution in [1.82, 2.24) is 15.1 Å². The summed E-state index contributed by atoms with van der Waals surface area (Å²) in [6.45, 7) is 1.11. The minimum absolute atomic E-state index is 0.281.